The summed E-state index contributed by atoms with van der Waals surface area (Å²) in [6, 6.07) is 4.42. The molecule has 4 nitrogen and oxygen atoms in total. The van der Waals surface area contributed by atoms with E-state index in [1.807, 2.05) is 13.0 Å². The molecular formula is C14H21N3O. The van der Waals surface area contributed by atoms with Crippen molar-refractivity contribution in [2.24, 2.45) is 16.6 Å². The monoisotopic (exact) mass is 247 g/mol. The van der Waals surface area contributed by atoms with Crippen molar-refractivity contribution < 1.29 is 4.79 Å². The Bertz CT molecular complexity index is 406. The van der Waals surface area contributed by atoms with Crippen LogP contribution in [0.15, 0.2) is 0 Å². The SMILES string of the molecule is CC1(C#N)CCCC1=O.CC1(C#N)CCCC1N. The van der Waals surface area contributed by atoms with Crippen LogP contribution in [0, 0.1) is 33.5 Å². The van der Waals surface area contributed by atoms with Crippen molar-refractivity contribution in [2.45, 2.75) is 58.4 Å². The average Bonchev–Trinajstić information content (AvgIpc) is 2.87. The van der Waals surface area contributed by atoms with Crippen molar-refractivity contribution >= 4 is 5.78 Å². The molecule has 2 aliphatic rings. The van der Waals surface area contributed by atoms with Gasteiger partial charge in [-0.1, -0.05) is 6.42 Å². The number of ketones is 1. The molecule has 0 spiro atoms. The fraction of sp³-hybridized carbons (Fsp3) is 0.786. The number of carbonyl (C=O) groups excluding carboxylic acids is 1. The standard InChI is InChI=1S/C7H12N2.C7H9NO/c2*1-7(5-8)4-2-3-6(7)9/h6H,2-4,9H2,1H3;2-4H2,1H3. The number of hydrogen-bond donors (Lipinski definition) is 1. The van der Waals surface area contributed by atoms with Gasteiger partial charge in [-0.3, -0.25) is 4.79 Å². The summed E-state index contributed by atoms with van der Waals surface area (Å²) in [6.45, 7) is 3.67. The van der Waals surface area contributed by atoms with Crippen LogP contribution >= 0.6 is 0 Å². The second kappa shape index (κ2) is 5.50. The van der Waals surface area contributed by atoms with Crippen molar-refractivity contribution in [1.29, 1.82) is 10.5 Å². The number of Topliss-reactive ketones (excluding diaryl/α,β-unsaturated/α-hetero) is 1. The molecule has 2 fully saturated rings. The molecule has 0 saturated heterocycles. The third-order valence-corrected chi connectivity index (χ3v) is 4.23. The van der Waals surface area contributed by atoms with Crippen molar-refractivity contribution in [2.75, 3.05) is 0 Å². The lowest BCUT2D eigenvalue weighted by atomic mass is 9.87. The van der Waals surface area contributed by atoms with Crippen LogP contribution in [0.4, 0.5) is 0 Å². The Morgan fingerprint density at radius 2 is 1.89 bits per heavy atom. The van der Waals surface area contributed by atoms with Crippen molar-refractivity contribution in [3.05, 3.63) is 0 Å². The van der Waals surface area contributed by atoms with Gasteiger partial charge in [-0.25, -0.2) is 0 Å². The number of nitriles is 2. The highest BCUT2D eigenvalue weighted by atomic mass is 16.1. The first kappa shape index (κ1) is 14.7. The molecule has 2 rings (SSSR count). The minimum absolute atomic E-state index is 0.113. The van der Waals surface area contributed by atoms with E-state index >= 15 is 0 Å². The molecule has 0 bridgehead atoms. The van der Waals surface area contributed by atoms with Crippen molar-refractivity contribution in [1.82, 2.24) is 0 Å². The van der Waals surface area contributed by atoms with Gasteiger partial charge in [0.15, 0.2) is 5.78 Å². The molecule has 2 N–H and O–H groups in total. The Labute approximate surface area is 109 Å². The van der Waals surface area contributed by atoms with E-state index in [0.29, 0.717) is 6.42 Å². The van der Waals surface area contributed by atoms with E-state index in [4.69, 9.17) is 16.3 Å². The Morgan fingerprint density at radius 1 is 1.22 bits per heavy atom. The van der Waals surface area contributed by atoms with Gasteiger partial charge < -0.3 is 5.73 Å². The van der Waals surface area contributed by atoms with Crippen molar-refractivity contribution in [3.63, 3.8) is 0 Å². The lowest BCUT2D eigenvalue weighted by molar-refractivity contribution is -0.122. The van der Waals surface area contributed by atoms with Crippen LogP contribution in [0.25, 0.3) is 0 Å². The summed E-state index contributed by atoms with van der Waals surface area (Å²) in [6.07, 6.45) is 5.36. The first-order valence-electron chi connectivity index (χ1n) is 6.49. The molecule has 98 valence electrons. The molecule has 3 atom stereocenters. The highest BCUT2D eigenvalue weighted by Crippen LogP contribution is 2.35. The van der Waals surface area contributed by atoms with E-state index < -0.39 is 5.41 Å². The topological polar surface area (TPSA) is 90.7 Å². The van der Waals surface area contributed by atoms with Gasteiger partial charge in [-0.05, 0) is 39.5 Å². The van der Waals surface area contributed by atoms with Gasteiger partial charge in [0.2, 0.25) is 0 Å². The molecule has 0 aromatic rings. The summed E-state index contributed by atoms with van der Waals surface area (Å²) in [5, 5.41) is 17.2. The smallest absolute Gasteiger partial charge is 0.152 e. The summed E-state index contributed by atoms with van der Waals surface area (Å²) in [5.74, 6) is 0.116. The van der Waals surface area contributed by atoms with Crippen LogP contribution in [0.5, 0.6) is 0 Å². The third kappa shape index (κ3) is 2.89. The van der Waals surface area contributed by atoms with E-state index in [9.17, 15) is 4.79 Å². The highest BCUT2D eigenvalue weighted by molar-refractivity contribution is 5.88. The molecular weight excluding hydrogens is 226 g/mol. The summed E-state index contributed by atoms with van der Waals surface area (Å²) >= 11 is 0. The Kier molecular flexibility index (Phi) is 4.48. The number of nitrogens with zero attached hydrogens (tertiary/aromatic N) is 2. The molecule has 4 heteroatoms. The zero-order valence-corrected chi connectivity index (χ0v) is 11.2. The van der Waals surface area contributed by atoms with Crippen LogP contribution in [0.1, 0.15) is 52.4 Å². The molecule has 0 radical (unpaired) electrons. The van der Waals surface area contributed by atoms with E-state index in [-0.39, 0.29) is 17.2 Å². The van der Waals surface area contributed by atoms with Gasteiger partial charge >= 0.3 is 0 Å². The normalized spacial score (nSPS) is 38.5. The van der Waals surface area contributed by atoms with Crippen LogP contribution < -0.4 is 5.73 Å². The maximum Gasteiger partial charge on any atom is 0.152 e. The summed E-state index contributed by atoms with van der Waals surface area (Å²) < 4.78 is 0. The molecule has 3 unspecified atom stereocenters. The summed E-state index contributed by atoms with van der Waals surface area (Å²) in [4.78, 5) is 10.9. The number of nitrogens with two attached hydrogens (primary N) is 1. The molecule has 0 aliphatic heterocycles. The third-order valence-electron chi connectivity index (χ3n) is 4.23. The van der Waals surface area contributed by atoms with Gasteiger partial charge in [0.25, 0.3) is 0 Å². The Balaban J connectivity index is 0.000000180. The van der Waals surface area contributed by atoms with Crippen molar-refractivity contribution in [3.8, 4) is 12.1 Å². The highest BCUT2D eigenvalue weighted by Gasteiger charge is 2.37. The molecule has 0 amide bonds. The second-order valence-corrected chi connectivity index (χ2v) is 5.75. The predicted molar refractivity (Wildman–Crippen MR) is 68.1 cm³/mol. The van der Waals surface area contributed by atoms with E-state index in [1.165, 1.54) is 0 Å². The van der Waals surface area contributed by atoms with Gasteiger partial charge in [-0.15, -0.1) is 0 Å². The van der Waals surface area contributed by atoms with Crippen LogP contribution in [-0.2, 0) is 4.79 Å². The van der Waals surface area contributed by atoms with Gasteiger partial charge in [0, 0.05) is 12.5 Å². The minimum atomic E-state index is -0.639. The van der Waals surface area contributed by atoms with E-state index in [1.54, 1.807) is 6.92 Å². The molecule has 0 heterocycles. The Hall–Kier alpha value is -1.39. The van der Waals surface area contributed by atoms with Crippen LogP contribution in [0.3, 0.4) is 0 Å². The van der Waals surface area contributed by atoms with Crippen LogP contribution in [0.2, 0.25) is 0 Å². The molecule has 2 aliphatic carbocycles. The lowest BCUT2D eigenvalue weighted by Crippen LogP contribution is -2.32. The minimum Gasteiger partial charge on any atom is -0.326 e. The summed E-state index contributed by atoms with van der Waals surface area (Å²) in [5.41, 5.74) is 4.84. The predicted octanol–water partition coefficient (Wildman–Crippen LogP) is 2.30. The lowest BCUT2D eigenvalue weighted by Gasteiger charge is -2.18. The number of hydrogen-bond acceptors (Lipinski definition) is 4. The molecule has 0 aromatic heterocycles. The zero-order chi connectivity index (χ0) is 13.8. The van der Waals surface area contributed by atoms with Gasteiger partial charge in [0.1, 0.15) is 5.41 Å². The van der Waals surface area contributed by atoms with Crippen LogP contribution in [-0.4, -0.2) is 11.8 Å². The van der Waals surface area contributed by atoms with Gasteiger partial charge in [0.05, 0.1) is 17.6 Å². The fourth-order valence-corrected chi connectivity index (χ4v) is 2.47. The van der Waals surface area contributed by atoms with Gasteiger partial charge in [-0.2, -0.15) is 10.5 Å². The zero-order valence-electron chi connectivity index (χ0n) is 11.2. The molecule has 18 heavy (non-hydrogen) atoms. The molecule has 2 saturated carbocycles. The Morgan fingerprint density at radius 3 is 2.11 bits per heavy atom. The average molecular weight is 247 g/mol. The quantitative estimate of drug-likeness (QED) is 0.711. The number of carbonyl (C=O) groups is 1. The first-order chi connectivity index (χ1) is 8.38. The van der Waals surface area contributed by atoms with E-state index in [0.717, 1.165) is 32.1 Å². The number of rotatable bonds is 0. The maximum atomic E-state index is 10.9. The summed E-state index contributed by atoms with van der Waals surface area (Å²) in [7, 11) is 0. The van der Waals surface area contributed by atoms with E-state index in [2.05, 4.69) is 6.07 Å². The molecule has 0 aromatic carbocycles. The largest absolute Gasteiger partial charge is 0.326 e. The maximum absolute atomic E-state index is 10.9. The first-order valence-corrected chi connectivity index (χ1v) is 6.49. The fourth-order valence-electron chi connectivity index (χ4n) is 2.47. The second-order valence-electron chi connectivity index (χ2n) is 5.75.